The van der Waals surface area contributed by atoms with Crippen molar-refractivity contribution in [1.29, 1.82) is 0 Å². The van der Waals surface area contributed by atoms with E-state index >= 15 is 0 Å². The zero-order valence-electron chi connectivity index (χ0n) is 6.74. The van der Waals surface area contributed by atoms with E-state index in [1.54, 1.807) is 22.7 Å². The predicted molar refractivity (Wildman–Crippen MR) is 59.7 cm³/mol. The summed E-state index contributed by atoms with van der Waals surface area (Å²) in [5, 5.41) is 6.81. The van der Waals surface area contributed by atoms with Gasteiger partial charge in [0, 0.05) is 4.88 Å². The molecule has 0 aliphatic rings. The van der Waals surface area contributed by atoms with Crippen LogP contribution in [0.3, 0.4) is 0 Å². The van der Waals surface area contributed by atoms with Crippen LogP contribution in [-0.2, 0) is 0 Å². The summed E-state index contributed by atoms with van der Waals surface area (Å²) < 4.78 is 0. The molecule has 0 spiro atoms. The van der Waals surface area contributed by atoms with Gasteiger partial charge in [0.15, 0.2) is 0 Å². The Morgan fingerprint density at radius 3 is 2.69 bits per heavy atom. The van der Waals surface area contributed by atoms with E-state index in [2.05, 4.69) is 5.38 Å². The largest absolute Gasteiger partial charge is 0.320 e. The molecule has 0 amide bonds. The highest BCUT2D eigenvalue weighted by Crippen LogP contribution is 2.31. The summed E-state index contributed by atoms with van der Waals surface area (Å²) in [6, 6.07) is 3.85. The van der Waals surface area contributed by atoms with Gasteiger partial charge < -0.3 is 5.73 Å². The summed E-state index contributed by atoms with van der Waals surface area (Å²) in [5.41, 5.74) is 7.17. The van der Waals surface area contributed by atoms with E-state index in [1.165, 1.54) is 0 Å². The van der Waals surface area contributed by atoms with Crippen molar-refractivity contribution >= 4 is 34.3 Å². The molecule has 2 rings (SSSR count). The highest BCUT2D eigenvalue weighted by atomic mass is 35.5. The minimum atomic E-state index is -0.0706. The molecule has 0 radical (unpaired) electrons. The molecule has 0 unspecified atom stereocenters. The fourth-order valence-electron chi connectivity index (χ4n) is 1.13. The van der Waals surface area contributed by atoms with Gasteiger partial charge in [0.05, 0.1) is 11.1 Å². The zero-order valence-corrected chi connectivity index (χ0v) is 9.12. The van der Waals surface area contributed by atoms with E-state index in [0.29, 0.717) is 0 Å². The number of hydrogen-bond acceptors (Lipinski definition) is 3. The van der Waals surface area contributed by atoms with Gasteiger partial charge >= 0.3 is 0 Å². The molecule has 68 valence electrons. The average Bonchev–Trinajstić information content (AvgIpc) is 2.72. The van der Waals surface area contributed by atoms with Gasteiger partial charge in [0.1, 0.15) is 0 Å². The van der Waals surface area contributed by atoms with Crippen LogP contribution in [0.25, 0.3) is 0 Å². The molecule has 0 fully saturated rings. The second kappa shape index (κ2) is 3.80. The van der Waals surface area contributed by atoms with Gasteiger partial charge in [-0.05, 0) is 33.8 Å². The van der Waals surface area contributed by atoms with Gasteiger partial charge in [-0.2, -0.15) is 11.3 Å². The predicted octanol–water partition coefficient (Wildman–Crippen LogP) is 3.51. The van der Waals surface area contributed by atoms with Crippen LogP contribution >= 0.6 is 34.3 Å². The Balaban J connectivity index is 2.33. The first-order chi connectivity index (χ1) is 6.29. The number of halogens is 1. The first kappa shape index (κ1) is 9.21. The summed E-state index contributed by atoms with van der Waals surface area (Å²) in [7, 11) is 0. The smallest absolute Gasteiger partial charge is 0.0669 e. The van der Waals surface area contributed by atoms with E-state index in [1.807, 2.05) is 22.9 Å². The van der Waals surface area contributed by atoms with Crippen LogP contribution in [-0.4, -0.2) is 0 Å². The van der Waals surface area contributed by atoms with Crippen molar-refractivity contribution in [2.75, 3.05) is 0 Å². The second-order valence-corrected chi connectivity index (χ2v) is 4.80. The molecular weight excluding hydrogens is 222 g/mol. The topological polar surface area (TPSA) is 26.0 Å². The molecule has 2 N–H and O–H groups in total. The Kier molecular flexibility index (Phi) is 2.69. The lowest BCUT2D eigenvalue weighted by Crippen LogP contribution is -2.09. The van der Waals surface area contributed by atoms with Crippen molar-refractivity contribution in [3.05, 3.63) is 43.7 Å². The van der Waals surface area contributed by atoms with Crippen LogP contribution in [0.15, 0.2) is 28.3 Å². The van der Waals surface area contributed by atoms with Gasteiger partial charge in [0.25, 0.3) is 0 Å². The van der Waals surface area contributed by atoms with Gasteiger partial charge in [-0.3, -0.25) is 0 Å². The Labute approximate surface area is 89.8 Å². The van der Waals surface area contributed by atoms with Crippen molar-refractivity contribution in [2.45, 2.75) is 6.04 Å². The van der Waals surface area contributed by atoms with Crippen LogP contribution < -0.4 is 5.73 Å². The molecule has 4 heteroatoms. The maximum Gasteiger partial charge on any atom is 0.0669 e. The standard InChI is InChI=1S/C9H8ClNS2/c10-7-2-4-13-9(7)8(11)6-1-3-12-5-6/h1-5,8H,11H2/t8-/m0/s1. The van der Waals surface area contributed by atoms with E-state index < -0.39 is 0 Å². The van der Waals surface area contributed by atoms with Crippen LogP contribution in [0.2, 0.25) is 5.02 Å². The summed E-state index contributed by atoms with van der Waals surface area (Å²) in [4.78, 5) is 1.04. The molecule has 2 aromatic heterocycles. The SMILES string of the molecule is N[C@@H](c1ccsc1)c1sccc1Cl. The van der Waals surface area contributed by atoms with Crippen molar-refractivity contribution in [1.82, 2.24) is 0 Å². The lowest BCUT2D eigenvalue weighted by molar-refractivity contribution is 0.900. The van der Waals surface area contributed by atoms with Gasteiger partial charge in [-0.1, -0.05) is 11.6 Å². The molecule has 0 aliphatic heterocycles. The van der Waals surface area contributed by atoms with E-state index in [9.17, 15) is 0 Å². The fourth-order valence-corrected chi connectivity index (χ4v) is 3.03. The van der Waals surface area contributed by atoms with Crippen LogP contribution in [0.5, 0.6) is 0 Å². The normalized spacial score (nSPS) is 13.1. The summed E-state index contributed by atoms with van der Waals surface area (Å²) in [5.74, 6) is 0. The lowest BCUT2D eigenvalue weighted by Gasteiger charge is -2.07. The van der Waals surface area contributed by atoms with Gasteiger partial charge in [0.2, 0.25) is 0 Å². The third kappa shape index (κ3) is 1.79. The molecule has 0 aromatic carbocycles. The maximum atomic E-state index is 6.04. The second-order valence-electron chi connectivity index (χ2n) is 2.67. The molecular formula is C9H8ClNS2. The monoisotopic (exact) mass is 229 g/mol. The zero-order chi connectivity index (χ0) is 9.26. The Hall–Kier alpha value is -0.350. The first-order valence-electron chi connectivity index (χ1n) is 3.79. The van der Waals surface area contributed by atoms with Crippen molar-refractivity contribution in [3.63, 3.8) is 0 Å². The first-order valence-corrected chi connectivity index (χ1v) is 5.99. The highest BCUT2D eigenvalue weighted by molar-refractivity contribution is 7.10. The minimum Gasteiger partial charge on any atom is -0.320 e. The molecule has 2 heterocycles. The molecule has 2 aromatic rings. The van der Waals surface area contributed by atoms with Gasteiger partial charge in [-0.15, -0.1) is 11.3 Å². The molecule has 0 bridgehead atoms. The fraction of sp³-hybridized carbons (Fsp3) is 0.111. The third-order valence-electron chi connectivity index (χ3n) is 1.83. The van der Waals surface area contributed by atoms with Crippen LogP contribution in [0.1, 0.15) is 16.5 Å². The number of thiophene rings is 2. The summed E-state index contributed by atoms with van der Waals surface area (Å²) in [6.07, 6.45) is 0. The van der Waals surface area contributed by atoms with Crippen molar-refractivity contribution in [2.24, 2.45) is 5.73 Å². The minimum absolute atomic E-state index is 0.0706. The van der Waals surface area contributed by atoms with Crippen molar-refractivity contribution in [3.8, 4) is 0 Å². The maximum absolute atomic E-state index is 6.04. The number of nitrogens with two attached hydrogens (primary N) is 1. The van der Waals surface area contributed by atoms with Crippen molar-refractivity contribution < 1.29 is 0 Å². The third-order valence-corrected chi connectivity index (χ3v) is 3.97. The molecule has 1 nitrogen and oxygen atoms in total. The molecule has 0 saturated carbocycles. The quantitative estimate of drug-likeness (QED) is 0.838. The highest BCUT2D eigenvalue weighted by Gasteiger charge is 2.13. The average molecular weight is 230 g/mol. The molecule has 1 atom stereocenters. The lowest BCUT2D eigenvalue weighted by atomic mass is 10.1. The number of hydrogen-bond donors (Lipinski definition) is 1. The number of rotatable bonds is 2. The van der Waals surface area contributed by atoms with E-state index in [4.69, 9.17) is 17.3 Å². The van der Waals surface area contributed by atoms with Crippen LogP contribution in [0, 0.1) is 0 Å². The van der Waals surface area contributed by atoms with Gasteiger partial charge in [-0.25, -0.2) is 0 Å². The van der Waals surface area contributed by atoms with E-state index in [-0.39, 0.29) is 6.04 Å². The molecule has 13 heavy (non-hydrogen) atoms. The Bertz CT molecular complexity index is 380. The Morgan fingerprint density at radius 1 is 1.31 bits per heavy atom. The Morgan fingerprint density at radius 2 is 2.15 bits per heavy atom. The molecule has 0 aliphatic carbocycles. The molecule has 0 saturated heterocycles. The summed E-state index contributed by atoms with van der Waals surface area (Å²) in [6.45, 7) is 0. The van der Waals surface area contributed by atoms with Crippen LogP contribution in [0.4, 0.5) is 0 Å². The van der Waals surface area contributed by atoms with E-state index in [0.717, 1.165) is 15.5 Å². The summed E-state index contributed by atoms with van der Waals surface area (Å²) >= 11 is 9.24.